The molecule has 1 saturated heterocycles. The van der Waals surface area contributed by atoms with E-state index in [1.807, 2.05) is 31.2 Å². The summed E-state index contributed by atoms with van der Waals surface area (Å²) in [5.41, 5.74) is 2.02. The van der Waals surface area contributed by atoms with Crippen molar-refractivity contribution in [2.24, 2.45) is 5.92 Å². The summed E-state index contributed by atoms with van der Waals surface area (Å²) in [6.45, 7) is 4.18. The number of aryl methyl sites for hydroxylation is 1. The van der Waals surface area contributed by atoms with Crippen LogP contribution in [0, 0.1) is 12.8 Å². The van der Waals surface area contributed by atoms with Crippen LogP contribution in [0.3, 0.4) is 0 Å². The molecule has 0 spiro atoms. The lowest BCUT2D eigenvalue weighted by atomic mass is 9.95. The van der Waals surface area contributed by atoms with Gasteiger partial charge in [0, 0.05) is 24.6 Å². The molecular formula is C19H27NO. The van der Waals surface area contributed by atoms with Gasteiger partial charge in [0.15, 0.2) is 5.78 Å². The average molecular weight is 285 g/mol. The molecule has 0 bridgehead atoms. The Morgan fingerprint density at radius 3 is 2.67 bits per heavy atom. The van der Waals surface area contributed by atoms with Crippen LogP contribution >= 0.6 is 0 Å². The van der Waals surface area contributed by atoms with Gasteiger partial charge in [-0.1, -0.05) is 37.1 Å². The van der Waals surface area contributed by atoms with Gasteiger partial charge in [-0.3, -0.25) is 9.69 Å². The second-order valence-corrected chi connectivity index (χ2v) is 6.78. The van der Waals surface area contributed by atoms with Crippen LogP contribution in [0.5, 0.6) is 0 Å². The SMILES string of the molecule is Cc1ccccc1C(=O)CCN1CCCC1C1CCCC1. The Morgan fingerprint density at radius 1 is 1.14 bits per heavy atom. The number of nitrogens with zero attached hydrogens (tertiary/aromatic N) is 1. The first-order chi connectivity index (χ1) is 10.3. The van der Waals surface area contributed by atoms with Crippen molar-refractivity contribution in [3.05, 3.63) is 35.4 Å². The molecule has 2 fully saturated rings. The zero-order valence-corrected chi connectivity index (χ0v) is 13.2. The number of carbonyl (C=O) groups is 1. The minimum atomic E-state index is 0.310. The lowest BCUT2D eigenvalue weighted by Crippen LogP contribution is -2.36. The van der Waals surface area contributed by atoms with Gasteiger partial charge in [0.05, 0.1) is 0 Å². The highest BCUT2D eigenvalue weighted by Crippen LogP contribution is 2.35. The average Bonchev–Trinajstić information content (AvgIpc) is 3.16. The zero-order chi connectivity index (χ0) is 14.7. The fourth-order valence-corrected chi connectivity index (χ4v) is 4.27. The van der Waals surface area contributed by atoms with Gasteiger partial charge < -0.3 is 0 Å². The highest BCUT2D eigenvalue weighted by Gasteiger charge is 2.33. The molecule has 0 aromatic heterocycles. The maximum atomic E-state index is 12.4. The van der Waals surface area contributed by atoms with E-state index in [2.05, 4.69) is 4.90 Å². The van der Waals surface area contributed by atoms with Crippen LogP contribution in [-0.2, 0) is 0 Å². The molecule has 0 N–H and O–H groups in total. The molecule has 0 amide bonds. The molecule has 1 unspecified atom stereocenters. The molecule has 3 rings (SSSR count). The number of carbonyl (C=O) groups excluding carboxylic acids is 1. The summed E-state index contributed by atoms with van der Waals surface area (Å²) < 4.78 is 0. The summed E-state index contributed by atoms with van der Waals surface area (Å²) in [5, 5.41) is 0. The van der Waals surface area contributed by atoms with Gasteiger partial charge in [0.25, 0.3) is 0 Å². The molecule has 21 heavy (non-hydrogen) atoms. The van der Waals surface area contributed by atoms with Gasteiger partial charge in [0.2, 0.25) is 0 Å². The number of hydrogen-bond acceptors (Lipinski definition) is 2. The third-order valence-electron chi connectivity index (χ3n) is 5.43. The summed E-state index contributed by atoms with van der Waals surface area (Å²) in [5.74, 6) is 1.21. The van der Waals surface area contributed by atoms with E-state index in [-0.39, 0.29) is 0 Å². The van der Waals surface area contributed by atoms with E-state index in [1.54, 1.807) is 0 Å². The van der Waals surface area contributed by atoms with Crippen LogP contribution in [0.1, 0.15) is 60.9 Å². The minimum absolute atomic E-state index is 0.310. The minimum Gasteiger partial charge on any atom is -0.300 e. The monoisotopic (exact) mass is 285 g/mol. The Labute approximate surface area is 128 Å². The molecule has 114 valence electrons. The zero-order valence-electron chi connectivity index (χ0n) is 13.2. The van der Waals surface area contributed by atoms with Crippen LogP contribution in [0.25, 0.3) is 0 Å². The van der Waals surface area contributed by atoms with Crippen LogP contribution in [0.4, 0.5) is 0 Å². The number of benzene rings is 1. The van der Waals surface area contributed by atoms with E-state index >= 15 is 0 Å². The van der Waals surface area contributed by atoms with Crippen LogP contribution in [-0.4, -0.2) is 29.8 Å². The highest BCUT2D eigenvalue weighted by atomic mass is 16.1. The van der Waals surface area contributed by atoms with Crippen molar-refractivity contribution in [1.29, 1.82) is 0 Å². The molecule has 2 heteroatoms. The predicted molar refractivity (Wildman–Crippen MR) is 86.7 cm³/mol. The van der Waals surface area contributed by atoms with E-state index in [9.17, 15) is 4.79 Å². The number of hydrogen-bond donors (Lipinski definition) is 0. The summed E-state index contributed by atoms with van der Waals surface area (Å²) >= 11 is 0. The van der Waals surface area contributed by atoms with E-state index in [0.717, 1.165) is 29.6 Å². The maximum Gasteiger partial charge on any atom is 0.164 e. The molecule has 1 aliphatic heterocycles. The summed E-state index contributed by atoms with van der Waals surface area (Å²) in [7, 11) is 0. The van der Waals surface area contributed by atoms with E-state index in [1.165, 1.54) is 45.1 Å². The first-order valence-electron chi connectivity index (χ1n) is 8.58. The third kappa shape index (κ3) is 3.37. The summed E-state index contributed by atoms with van der Waals surface area (Å²) in [4.78, 5) is 15.0. The van der Waals surface area contributed by atoms with Crippen molar-refractivity contribution in [1.82, 2.24) is 4.90 Å². The predicted octanol–water partition coefficient (Wildman–Crippen LogP) is 4.22. The molecule has 1 aliphatic carbocycles. The molecule has 1 atom stereocenters. The number of ketones is 1. The topological polar surface area (TPSA) is 20.3 Å². The van der Waals surface area contributed by atoms with Crippen molar-refractivity contribution < 1.29 is 4.79 Å². The Bertz CT molecular complexity index is 490. The van der Waals surface area contributed by atoms with Crippen molar-refractivity contribution >= 4 is 5.78 Å². The van der Waals surface area contributed by atoms with Gasteiger partial charge in [-0.2, -0.15) is 0 Å². The van der Waals surface area contributed by atoms with Crippen molar-refractivity contribution in [2.75, 3.05) is 13.1 Å². The largest absolute Gasteiger partial charge is 0.300 e. The molecular weight excluding hydrogens is 258 g/mol. The van der Waals surface area contributed by atoms with E-state index < -0.39 is 0 Å². The van der Waals surface area contributed by atoms with Gasteiger partial charge >= 0.3 is 0 Å². The summed E-state index contributed by atoms with van der Waals surface area (Å²) in [6, 6.07) is 8.73. The van der Waals surface area contributed by atoms with Crippen LogP contribution in [0.15, 0.2) is 24.3 Å². The lowest BCUT2D eigenvalue weighted by molar-refractivity contribution is 0.0950. The van der Waals surface area contributed by atoms with Gasteiger partial charge in [-0.25, -0.2) is 0 Å². The van der Waals surface area contributed by atoms with Crippen LogP contribution in [0.2, 0.25) is 0 Å². The van der Waals surface area contributed by atoms with E-state index in [4.69, 9.17) is 0 Å². The standard InChI is InChI=1S/C19H27NO/c1-15-7-2-5-10-17(15)19(21)12-14-20-13-6-11-18(20)16-8-3-4-9-16/h2,5,7,10,16,18H,3-4,6,8-9,11-14H2,1H3. The van der Waals surface area contributed by atoms with Gasteiger partial charge in [-0.05, 0) is 50.6 Å². The number of rotatable bonds is 5. The molecule has 1 saturated carbocycles. The number of Topliss-reactive ketones (excluding diaryl/α,β-unsaturated/α-hetero) is 1. The Balaban J connectivity index is 1.56. The van der Waals surface area contributed by atoms with E-state index in [0.29, 0.717) is 12.2 Å². The van der Waals surface area contributed by atoms with Crippen molar-refractivity contribution in [3.8, 4) is 0 Å². The fourth-order valence-electron chi connectivity index (χ4n) is 4.27. The lowest BCUT2D eigenvalue weighted by Gasteiger charge is -2.29. The second kappa shape index (κ2) is 6.74. The van der Waals surface area contributed by atoms with Crippen LogP contribution < -0.4 is 0 Å². The number of likely N-dealkylation sites (tertiary alicyclic amines) is 1. The molecule has 1 aromatic carbocycles. The van der Waals surface area contributed by atoms with Gasteiger partial charge in [-0.15, -0.1) is 0 Å². The third-order valence-corrected chi connectivity index (χ3v) is 5.43. The molecule has 1 aromatic rings. The van der Waals surface area contributed by atoms with Crippen molar-refractivity contribution in [2.45, 2.75) is 57.9 Å². The molecule has 2 aliphatic rings. The Morgan fingerprint density at radius 2 is 1.90 bits per heavy atom. The van der Waals surface area contributed by atoms with Gasteiger partial charge in [0.1, 0.15) is 0 Å². The van der Waals surface area contributed by atoms with Crippen molar-refractivity contribution in [3.63, 3.8) is 0 Å². The molecule has 2 nitrogen and oxygen atoms in total. The second-order valence-electron chi connectivity index (χ2n) is 6.78. The molecule has 0 radical (unpaired) electrons. The Hall–Kier alpha value is -1.15. The maximum absolute atomic E-state index is 12.4. The quantitative estimate of drug-likeness (QED) is 0.755. The normalized spacial score (nSPS) is 23.8. The molecule has 1 heterocycles. The highest BCUT2D eigenvalue weighted by molar-refractivity contribution is 5.97. The Kier molecular flexibility index (Phi) is 4.74. The first kappa shape index (κ1) is 14.8. The first-order valence-corrected chi connectivity index (χ1v) is 8.58. The smallest absolute Gasteiger partial charge is 0.164 e. The summed E-state index contributed by atoms with van der Waals surface area (Å²) in [6.07, 6.45) is 8.99. The fraction of sp³-hybridized carbons (Fsp3) is 0.632.